The SMILES string of the molecule is O=C1S/C(=C\c2ccccc2OS(=O)(=O)c2ccc(Cl)cc2)C(=O)N1CCOc1ccccc1. The molecule has 0 N–H and O–H groups in total. The molecule has 174 valence electrons. The normalized spacial score (nSPS) is 15.1. The first-order valence-corrected chi connectivity index (χ1v) is 12.7. The van der Waals surface area contributed by atoms with E-state index in [-0.39, 0.29) is 28.7 Å². The highest BCUT2D eigenvalue weighted by Crippen LogP contribution is 2.34. The van der Waals surface area contributed by atoms with Gasteiger partial charge in [0.2, 0.25) is 0 Å². The zero-order valence-electron chi connectivity index (χ0n) is 17.6. The third kappa shape index (κ3) is 5.61. The summed E-state index contributed by atoms with van der Waals surface area (Å²) in [6.45, 7) is 0.231. The molecule has 0 bridgehead atoms. The molecule has 0 saturated carbocycles. The van der Waals surface area contributed by atoms with Crippen molar-refractivity contribution >= 4 is 50.7 Å². The van der Waals surface area contributed by atoms with Gasteiger partial charge in [0, 0.05) is 10.6 Å². The van der Waals surface area contributed by atoms with Crippen molar-refractivity contribution in [3.05, 3.63) is 94.4 Å². The van der Waals surface area contributed by atoms with Gasteiger partial charge in [-0.25, -0.2) is 0 Å². The van der Waals surface area contributed by atoms with E-state index in [0.717, 1.165) is 16.7 Å². The largest absolute Gasteiger partial charge is 0.492 e. The molecule has 7 nitrogen and oxygen atoms in total. The number of benzene rings is 3. The van der Waals surface area contributed by atoms with Gasteiger partial charge in [-0.05, 0) is 60.3 Å². The fraction of sp³-hybridized carbons (Fsp3) is 0.0833. The highest BCUT2D eigenvalue weighted by Gasteiger charge is 2.35. The molecule has 3 aromatic carbocycles. The van der Waals surface area contributed by atoms with Crippen molar-refractivity contribution in [2.24, 2.45) is 0 Å². The van der Waals surface area contributed by atoms with Gasteiger partial charge in [0.1, 0.15) is 23.0 Å². The van der Waals surface area contributed by atoms with Crippen molar-refractivity contribution in [2.45, 2.75) is 4.90 Å². The number of hydrogen-bond donors (Lipinski definition) is 0. The van der Waals surface area contributed by atoms with Gasteiger partial charge < -0.3 is 8.92 Å². The van der Waals surface area contributed by atoms with Crippen LogP contribution in [0.15, 0.2) is 88.7 Å². The van der Waals surface area contributed by atoms with Crippen LogP contribution in [0, 0.1) is 0 Å². The summed E-state index contributed by atoms with van der Waals surface area (Å²) in [7, 11) is -4.13. The second-order valence-electron chi connectivity index (χ2n) is 7.02. The molecular formula is C24H18ClNO6S2. The fourth-order valence-electron chi connectivity index (χ4n) is 3.05. The molecule has 0 spiro atoms. The molecule has 34 heavy (non-hydrogen) atoms. The second kappa shape index (κ2) is 10.3. The number of amides is 2. The average molecular weight is 516 g/mol. The van der Waals surface area contributed by atoms with E-state index in [2.05, 4.69) is 0 Å². The highest BCUT2D eigenvalue weighted by molar-refractivity contribution is 8.18. The number of halogens is 1. The Morgan fingerprint density at radius 3 is 2.32 bits per heavy atom. The smallest absolute Gasteiger partial charge is 0.339 e. The van der Waals surface area contributed by atoms with Crippen molar-refractivity contribution in [3.8, 4) is 11.5 Å². The summed E-state index contributed by atoms with van der Waals surface area (Å²) in [6.07, 6.45) is 1.44. The van der Waals surface area contributed by atoms with Gasteiger partial charge in [-0.2, -0.15) is 8.42 Å². The molecular weight excluding hydrogens is 498 g/mol. The van der Waals surface area contributed by atoms with E-state index in [9.17, 15) is 18.0 Å². The number of hydrogen-bond acceptors (Lipinski definition) is 7. The molecule has 1 aliphatic rings. The summed E-state index contributed by atoms with van der Waals surface area (Å²) < 4.78 is 36.2. The summed E-state index contributed by atoms with van der Waals surface area (Å²) >= 11 is 6.60. The molecule has 10 heteroatoms. The number of ether oxygens (including phenoxy) is 1. The predicted molar refractivity (Wildman–Crippen MR) is 130 cm³/mol. The van der Waals surface area contributed by atoms with Gasteiger partial charge in [0.25, 0.3) is 11.1 Å². The van der Waals surface area contributed by atoms with Crippen LogP contribution in [0.2, 0.25) is 5.02 Å². The van der Waals surface area contributed by atoms with Crippen LogP contribution in [0.5, 0.6) is 11.5 Å². The first-order chi connectivity index (χ1) is 16.3. The number of carbonyl (C=O) groups is 2. The van der Waals surface area contributed by atoms with E-state index in [0.29, 0.717) is 16.3 Å². The van der Waals surface area contributed by atoms with Crippen molar-refractivity contribution in [3.63, 3.8) is 0 Å². The molecule has 0 aromatic heterocycles. The van der Waals surface area contributed by atoms with Gasteiger partial charge in [-0.15, -0.1) is 0 Å². The number of carbonyl (C=O) groups excluding carboxylic acids is 2. The second-order valence-corrected chi connectivity index (χ2v) is 10.0. The maximum Gasteiger partial charge on any atom is 0.339 e. The summed E-state index contributed by atoms with van der Waals surface area (Å²) in [5.74, 6) is 0.177. The lowest BCUT2D eigenvalue weighted by Crippen LogP contribution is -2.32. The van der Waals surface area contributed by atoms with Gasteiger partial charge in [0.15, 0.2) is 0 Å². The Bertz CT molecular complexity index is 1340. The van der Waals surface area contributed by atoms with E-state index >= 15 is 0 Å². The standard InChI is InChI=1S/C24H18ClNO6S2/c25-18-10-12-20(13-11-18)34(29,30)32-21-9-5-4-6-17(21)16-22-23(27)26(24(28)33-22)14-15-31-19-7-2-1-3-8-19/h1-13,16H,14-15H2/b22-16-. The number of thioether (sulfide) groups is 1. The minimum Gasteiger partial charge on any atom is -0.492 e. The van der Waals surface area contributed by atoms with Crippen LogP contribution in [-0.2, 0) is 14.9 Å². The van der Waals surface area contributed by atoms with Crippen molar-refractivity contribution in [2.75, 3.05) is 13.2 Å². The molecule has 0 atom stereocenters. The third-order valence-corrected chi connectivity index (χ3v) is 7.12. The van der Waals surface area contributed by atoms with Crippen molar-refractivity contribution in [1.82, 2.24) is 4.90 Å². The molecule has 0 radical (unpaired) electrons. The summed E-state index contributed by atoms with van der Waals surface area (Å²) in [5.41, 5.74) is 0.339. The highest BCUT2D eigenvalue weighted by atomic mass is 35.5. The average Bonchev–Trinajstić information content (AvgIpc) is 3.08. The van der Waals surface area contributed by atoms with Gasteiger partial charge in [0.05, 0.1) is 11.4 Å². The monoisotopic (exact) mass is 515 g/mol. The first kappa shape index (κ1) is 23.9. The zero-order chi connectivity index (χ0) is 24.1. The zero-order valence-corrected chi connectivity index (χ0v) is 20.0. The maximum absolute atomic E-state index is 12.8. The maximum atomic E-state index is 12.8. The minimum atomic E-state index is -4.13. The number of rotatable bonds is 8. The van der Waals surface area contributed by atoms with E-state index in [4.69, 9.17) is 20.5 Å². The molecule has 1 heterocycles. The van der Waals surface area contributed by atoms with Gasteiger partial charge >= 0.3 is 10.1 Å². The summed E-state index contributed by atoms with van der Waals surface area (Å²) in [6, 6.07) is 21.0. The van der Waals surface area contributed by atoms with Crippen LogP contribution in [0.25, 0.3) is 6.08 Å². The van der Waals surface area contributed by atoms with Crippen LogP contribution >= 0.6 is 23.4 Å². The lowest BCUT2D eigenvalue weighted by atomic mass is 10.2. The number of nitrogens with zero attached hydrogens (tertiary/aromatic N) is 1. The minimum absolute atomic E-state index is 0.0247. The van der Waals surface area contributed by atoms with Crippen LogP contribution in [0.4, 0.5) is 4.79 Å². The number of para-hydroxylation sites is 2. The van der Waals surface area contributed by atoms with Crippen molar-refractivity contribution < 1.29 is 26.9 Å². The van der Waals surface area contributed by atoms with E-state index in [1.807, 2.05) is 18.2 Å². The Labute approximate surface area is 206 Å². The fourth-order valence-corrected chi connectivity index (χ4v) is 4.98. The molecule has 1 saturated heterocycles. The van der Waals surface area contributed by atoms with E-state index in [1.54, 1.807) is 30.3 Å². The number of imide groups is 1. The summed E-state index contributed by atoms with van der Waals surface area (Å²) in [5, 5.41) is -0.0376. The van der Waals surface area contributed by atoms with Gasteiger partial charge in [-0.1, -0.05) is 48.0 Å². The van der Waals surface area contributed by atoms with Crippen LogP contribution in [0.1, 0.15) is 5.56 Å². The van der Waals surface area contributed by atoms with Crippen LogP contribution < -0.4 is 8.92 Å². The first-order valence-electron chi connectivity index (χ1n) is 10.1. The van der Waals surface area contributed by atoms with Crippen molar-refractivity contribution in [1.29, 1.82) is 0 Å². The quantitative estimate of drug-likeness (QED) is 0.300. The molecule has 0 aliphatic carbocycles. The Balaban J connectivity index is 1.49. The molecule has 2 amide bonds. The van der Waals surface area contributed by atoms with E-state index in [1.165, 1.54) is 36.4 Å². The lowest BCUT2D eigenvalue weighted by Gasteiger charge is -2.13. The molecule has 4 rings (SSSR count). The Hall–Kier alpha value is -3.27. The van der Waals surface area contributed by atoms with E-state index < -0.39 is 21.3 Å². The molecule has 1 fully saturated rings. The summed E-state index contributed by atoms with van der Waals surface area (Å²) in [4.78, 5) is 26.4. The third-order valence-electron chi connectivity index (χ3n) is 4.71. The van der Waals surface area contributed by atoms with Gasteiger partial charge in [-0.3, -0.25) is 14.5 Å². The lowest BCUT2D eigenvalue weighted by molar-refractivity contribution is -0.123. The topological polar surface area (TPSA) is 90.0 Å². The Kier molecular flexibility index (Phi) is 7.26. The Morgan fingerprint density at radius 2 is 1.59 bits per heavy atom. The Morgan fingerprint density at radius 1 is 0.912 bits per heavy atom. The van der Waals surface area contributed by atoms with Crippen LogP contribution in [-0.4, -0.2) is 37.6 Å². The molecule has 1 aliphatic heterocycles. The van der Waals surface area contributed by atoms with Crippen LogP contribution in [0.3, 0.4) is 0 Å². The predicted octanol–water partition coefficient (Wildman–Crippen LogP) is 5.22. The molecule has 3 aromatic rings. The molecule has 0 unspecified atom stereocenters.